The Morgan fingerprint density at radius 3 is 2.39 bits per heavy atom. The lowest BCUT2D eigenvalue weighted by atomic mass is 9.84. The van der Waals surface area contributed by atoms with Gasteiger partial charge in [-0.15, -0.1) is 0 Å². The topological polar surface area (TPSA) is 95.2 Å². The number of nitrogens with one attached hydrogen (secondary N) is 2. The van der Waals surface area contributed by atoms with Crippen molar-refractivity contribution in [3.8, 4) is 0 Å². The highest BCUT2D eigenvalue weighted by Crippen LogP contribution is 2.47. The van der Waals surface area contributed by atoms with Crippen molar-refractivity contribution in [1.82, 2.24) is 4.57 Å². The lowest BCUT2D eigenvalue weighted by molar-refractivity contribution is -0.247. The van der Waals surface area contributed by atoms with E-state index in [1.54, 1.807) is 25.2 Å². The van der Waals surface area contributed by atoms with Crippen molar-refractivity contribution in [1.29, 1.82) is 5.41 Å². The van der Waals surface area contributed by atoms with Crippen molar-refractivity contribution in [2.24, 2.45) is 7.05 Å². The molecule has 1 atom stereocenters. The first-order valence-corrected chi connectivity index (χ1v) is 10.9. The van der Waals surface area contributed by atoms with Crippen LogP contribution in [-0.4, -0.2) is 35.7 Å². The Morgan fingerprint density at radius 2 is 1.81 bits per heavy atom. The summed E-state index contributed by atoms with van der Waals surface area (Å²) < 4.78 is 71.0. The standard InChI is InChI=1S/C21H22F3N3O3S/c1-13(2)31(29,30)26-18-9-8-15(10-14(18)11-25)20(28,21(22,23)24)17-12-27(3)19-7-5-4-6-16(17)19/h4-13,25-26,28H,1-3H3. The molecule has 0 aliphatic carbocycles. The van der Waals surface area contributed by atoms with Gasteiger partial charge in [-0.1, -0.05) is 24.3 Å². The Labute approximate surface area is 177 Å². The van der Waals surface area contributed by atoms with Gasteiger partial charge in [0, 0.05) is 41.5 Å². The van der Waals surface area contributed by atoms with E-state index in [1.807, 2.05) is 0 Å². The molecule has 0 bridgehead atoms. The maximum atomic E-state index is 14.3. The normalized spacial score (nSPS) is 14.6. The van der Waals surface area contributed by atoms with Crippen LogP contribution in [-0.2, 0) is 22.7 Å². The van der Waals surface area contributed by atoms with Gasteiger partial charge in [0.15, 0.2) is 0 Å². The van der Waals surface area contributed by atoms with Gasteiger partial charge in [0.1, 0.15) is 0 Å². The Hall–Kier alpha value is -2.85. The molecule has 0 saturated heterocycles. The number of anilines is 1. The second-order valence-corrected chi connectivity index (χ2v) is 9.76. The molecule has 3 rings (SSSR count). The zero-order chi connectivity index (χ0) is 23.2. The smallest absolute Gasteiger partial charge is 0.372 e. The van der Waals surface area contributed by atoms with Crippen LogP contribution in [0.15, 0.2) is 48.7 Å². The van der Waals surface area contributed by atoms with Crippen LogP contribution in [0.25, 0.3) is 10.9 Å². The third kappa shape index (κ3) is 3.81. The van der Waals surface area contributed by atoms with Crippen LogP contribution < -0.4 is 4.72 Å². The van der Waals surface area contributed by atoms with Crippen LogP contribution >= 0.6 is 0 Å². The second-order valence-electron chi connectivity index (χ2n) is 7.52. The van der Waals surface area contributed by atoms with Gasteiger partial charge < -0.3 is 15.1 Å². The monoisotopic (exact) mass is 453 g/mol. The average molecular weight is 453 g/mol. The number of nitrogens with zero attached hydrogens (tertiary/aromatic N) is 1. The highest BCUT2D eigenvalue weighted by atomic mass is 32.2. The zero-order valence-corrected chi connectivity index (χ0v) is 17.8. The van der Waals surface area contributed by atoms with E-state index in [0.717, 1.165) is 24.4 Å². The summed E-state index contributed by atoms with van der Waals surface area (Å²) in [6, 6.07) is 9.50. The fourth-order valence-electron chi connectivity index (χ4n) is 3.37. The average Bonchev–Trinajstić information content (AvgIpc) is 3.03. The first-order valence-electron chi connectivity index (χ1n) is 9.33. The molecule has 0 aliphatic rings. The predicted molar refractivity (Wildman–Crippen MR) is 114 cm³/mol. The van der Waals surface area contributed by atoms with Gasteiger partial charge in [0.05, 0.1) is 10.9 Å². The fourth-order valence-corrected chi connectivity index (χ4v) is 4.10. The largest absolute Gasteiger partial charge is 0.425 e. The van der Waals surface area contributed by atoms with Gasteiger partial charge in [0.25, 0.3) is 0 Å². The summed E-state index contributed by atoms with van der Waals surface area (Å²) in [5, 5.41) is 18.1. The number of benzene rings is 2. The number of rotatable bonds is 6. The maximum Gasteiger partial charge on any atom is 0.425 e. The molecule has 10 heteroatoms. The summed E-state index contributed by atoms with van der Waals surface area (Å²) in [6.45, 7) is 2.90. The molecule has 2 aromatic carbocycles. The van der Waals surface area contributed by atoms with E-state index in [-0.39, 0.29) is 22.2 Å². The first kappa shape index (κ1) is 22.8. The number of hydrogen-bond donors (Lipinski definition) is 3. The number of fused-ring (bicyclic) bond motifs is 1. The molecule has 1 heterocycles. The Balaban J connectivity index is 2.24. The van der Waals surface area contributed by atoms with Crippen LogP contribution in [0.3, 0.4) is 0 Å². The van der Waals surface area contributed by atoms with E-state index < -0.39 is 32.6 Å². The third-order valence-electron chi connectivity index (χ3n) is 5.19. The first-order chi connectivity index (χ1) is 14.3. The summed E-state index contributed by atoms with van der Waals surface area (Å²) in [7, 11) is -2.20. The fraction of sp³-hybridized carbons (Fsp3) is 0.286. The minimum Gasteiger partial charge on any atom is -0.372 e. The van der Waals surface area contributed by atoms with E-state index in [9.17, 15) is 26.7 Å². The van der Waals surface area contributed by atoms with Gasteiger partial charge in [-0.05, 0) is 37.6 Å². The van der Waals surface area contributed by atoms with Gasteiger partial charge in [-0.3, -0.25) is 4.72 Å². The molecule has 0 aliphatic heterocycles. The molecule has 0 spiro atoms. The Kier molecular flexibility index (Phi) is 5.66. The van der Waals surface area contributed by atoms with Crippen molar-refractivity contribution < 1.29 is 26.7 Å². The summed E-state index contributed by atoms with van der Waals surface area (Å²) in [4.78, 5) is 0. The number of aryl methyl sites for hydroxylation is 1. The van der Waals surface area contributed by atoms with E-state index in [4.69, 9.17) is 5.41 Å². The molecule has 3 aromatic rings. The Bertz CT molecular complexity index is 1250. The Morgan fingerprint density at radius 1 is 1.16 bits per heavy atom. The van der Waals surface area contributed by atoms with Crippen LogP contribution in [0.1, 0.15) is 30.5 Å². The lowest BCUT2D eigenvalue weighted by Gasteiger charge is -2.31. The number of halogens is 3. The van der Waals surface area contributed by atoms with Crippen LogP contribution in [0, 0.1) is 5.41 Å². The third-order valence-corrected chi connectivity index (χ3v) is 6.94. The lowest BCUT2D eigenvalue weighted by Crippen LogP contribution is -2.43. The second kappa shape index (κ2) is 7.69. The molecule has 0 saturated carbocycles. The van der Waals surface area contributed by atoms with Crippen molar-refractivity contribution in [2.75, 3.05) is 4.72 Å². The molecule has 1 aromatic heterocycles. The molecule has 0 fully saturated rings. The summed E-state index contributed by atoms with van der Waals surface area (Å²) in [5.74, 6) is 0. The van der Waals surface area contributed by atoms with Gasteiger partial charge in [-0.2, -0.15) is 13.2 Å². The number of aliphatic hydroxyl groups is 1. The van der Waals surface area contributed by atoms with Crippen molar-refractivity contribution in [3.05, 3.63) is 65.4 Å². The molecular weight excluding hydrogens is 431 g/mol. The summed E-state index contributed by atoms with van der Waals surface area (Å²) in [5.41, 5.74) is -3.90. The van der Waals surface area contributed by atoms with Gasteiger partial charge in [0.2, 0.25) is 15.6 Å². The van der Waals surface area contributed by atoms with Crippen LogP contribution in [0.4, 0.5) is 18.9 Å². The number of hydrogen-bond acceptors (Lipinski definition) is 4. The molecule has 0 amide bonds. The van der Waals surface area contributed by atoms with Crippen molar-refractivity contribution >= 4 is 32.8 Å². The number of alkyl halides is 3. The quantitative estimate of drug-likeness (QED) is 0.490. The highest BCUT2D eigenvalue weighted by molar-refractivity contribution is 7.93. The molecule has 6 nitrogen and oxygen atoms in total. The molecule has 0 radical (unpaired) electrons. The van der Waals surface area contributed by atoms with Crippen LogP contribution in [0.5, 0.6) is 0 Å². The number of aromatic nitrogens is 1. The zero-order valence-electron chi connectivity index (χ0n) is 17.0. The van der Waals surface area contributed by atoms with E-state index >= 15 is 0 Å². The van der Waals surface area contributed by atoms with E-state index in [2.05, 4.69) is 4.72 Å². The minimum atomic E-state index is -5.09. The van der Waals surface area contributed by atoms with Crippen molar-refractivity contribution in [3.63, 3.8) is 0 Å². The van der Waals surface area contributed by atoms with Crippen molar-refractivity contribution in [2.45, 2.75) is 30.9 Å². The predicted octanol–water partition coefficient (Wildman–Crippen LogP) is 4.12. The van der Waals surface area contributed by atoms with Gasteiger partial charge >= 0.3 is 6.18 Å². The summed E-state index contributed by atoms with van der Waals surface area (Å²) >= 11 is 0. The molecule has 166 valence electrons. The van der Waals surface area contributed by atoms with E-state index in [1.165, 1.54) is 30.7 Å². The highest BCUT2D eigenvalue weighted by Gasteiger charge is 2.57. The number of para-hydroxylation sites is 1. The van der Waals surface area contributed by atoms with Gasteiger partial charge in [-0.25, -0.2) is 8.42 Å². The molecule has 1 unspecified atom stereocenters. The van der Waals surface area contributed by atoms with Crippen LogP contribution in [0.2, 0.25) is 0 Å². The minimum absolute atomic E-state index is 0.0464. The number of sulfonamides is 1. The molecule has 3 N–H and O–H groups in total. The summed E-state index contributed by atoms with van der Waals surface area (Å²) in [6.07, 6.45) is -3.13. The SMILES string of the molecule is CC(C)S(=O)(=O)Nc1ccc(C(O)(c2cn(C)c3ccccc23)C(F)(F)F)cc1C=N. The maximum absolute atomic E-state index is 14.3. The van der Waals surface area contributed by atoms with E-state index in [0.29, 0.717) is 5.52 Å². The molecular formula is C21H22F3N3O3S. The molecule has 31 heavy (non-hydrogen) atoms.